The molecule has 0 spiro atoms. The normalized spacial score (nSPS) is 11.1. The lowest BCUT2D eigenvalue weighted by Gasteiger charge is -2.16. The number of Topliss-reactive ketones (excluding diaryl/α,β-unsaturated/α-hetero) is 1. The summed E-state index contributed by atoms with van der Waals surface area (Å²) < 4.78 is 5.06. The lowest BCUT2D eigenvalue weighted by atomic mass is 10.1. The van der Waals surface area contributed by atoms with Crippen LogP contribution in [0.1, 0.15) is 26.5 Å². The minimum absolute atomic E-state index is 0.0260. The predicted octanol–water partition coefficient (Wildman–Crippen LogP) is 5.11. The number of carbonyl (C=O) groups is 1. The van der Waals surface area contributed by atoms with Crippen LogP contribution >= 0.6 is 22.9 Å². The van der Waals surface area contributed by atoms with Crippen molar-refractivity contribution in [3.8, 4) is 22.1 Å². The molecular weight excluding hydrogens is 408 g/mol. The molecule has 29 heavy (non-hydrogen) atoms. The van der Waals surface area contributed by atoms with E-state index in [1.54, 1.807) is 12.1 Å². The smallest absolute Gasteiger partial charge is 0.188 e. The number of thiazole rings is 1. The Labute approximate surface area is 179 Å². The van der Waals surface area contributed by atoms with E-state index in [9.17, 15) is 9.90 Å². The highest BCUT2D eigenvalue weighted by Gasteiger charge is 2.19. The summed E-state index contributed by atoms with van der Waals surface area (Å²) in [7, 11) is 3.39. The number of ketones is 1. The molecule has 1 N–H and O–H groups in total. The molecule has 0 aliphatic heterocycles. The highest BCUT2D eigenvalue weighted by molar-refractivity contribution is 7.17. The summed E-state index contributed by atoms with van der Waals surface area (Å²) in [4.78, 5) is 20.0. The molecule has 0 aliphatic rings. The van der Waals surface area contributed by atoms with Gasteiger partial charge in [0.2, 0.25) is 0 Å². The van der Waals surface area contributed by atoms with Gasteiger partial charge in [-0.25, -0.2) is 4.98 Å². The van der Waals surface area contributed by atoms with Crippen molar-refractivity contribution in [2.75, 3.05) is 20.7 Å². The number of ether oxygens (including phenoxy) is 1. The van der Waals surface area contributed by atoms with Gasteiger partial charge in [0.25, 0.3) is 0 Å². The number of hydrogen-bond acceptors (Lipinski definition) is 6. The second-order valence-electron chi connectivity index (χ2n) is 6.99. The molecule has 0 saturated heterocycles. The van der Waals surface area contributed by atoms with Crippen molar-refractivity contribution >= 4 is 28.7 Å². The molecule has 1 aromatic heterocycles. The Morgan fingerprint density at radius 3 is 2.66 bits per heavy atom. The molecule has 1 heterocycles. The molecule has 0 aliphatic carbocycles. The van der Waals surface area contributed by atoms with Crippen molar-refractivity contribution < 1.29 is 14.6 Å². The van der Waals surface area contributed by atoms with Gasteiger partial charge >= 0.3 is 0 Å². The Hall–Kier alpha value is -2.41. The number of hydrogen-bond donors (Lipinski definition) is 1. The van der Waals surface area contributed by atoms with E-state index < -0.39 is 0 Å². The molecule has 0 radical (unpaired) electrons. The molecule has 0 amide bonds. The Kier molecular flexibility index (Phi) is 6.57. The third-order valence-electron chi connectivity index (χ3n) is 4.58. The standard InChI is InChI=1S/C22H23ClN2O3S/c1-13-9-16(23)6-7-17(13)22-24-14(2)21(29-22)19(27)12-25(3)11-15-5-8-20(28-4)18(26)10-15/h5-10,26H,11-12H2,1-4H3. The number of phenolic OH excluding ortho intramolecular Hbond substituents is 1. The van der Waals surface area contributed by atoms with E-state index in [1.807, 2.05) is 50.1 Å². The fraction of sp³-hybridized carbons (Fsp3) is 0.273. The zero-order valence-electron chi connectivity index (χ0n) is 16.8. The molecule has 2 aromatic carbocycles. The SMILES string of the molecule is COc1ccc(CN(C)CC(=O)c2sc(-c3ccc(Cl)cc3C)nc2C)cc1O. The van der Waals surface area contributed by atoms with Crippen LogP contribution in [0.4, 0.5) is 0 Å². The van der Waals surface area contributed by atoms with Gasteiger partial charge in [-0.1, -0.05) is 23.7 Å². The third kappa shape index (κ3) is 4.96. The van der Waals surface area contributed by atoms with E-state index in [2.05, 4.69) is 4.98 Å². The van der Waals surface area contributed by atoms with Crippen LogP contribution in [0.2, 0.25) is 5.02 Å². The number of halogens is 1. The third-order valence-corrected chi connectivity index (χ3v) is 6.04. The first-order chi connectivity index (χ1) is 13.8. The minimum atomic E-state index is 0.0260. The van der Waals surface area contributed by atoms with Gasteiger partial charge in [0.1, 0.15) is 5.01 Å². The largest absolute Gasteiger partial charge is 0.504 e. The number of aromatic nitrogens is 1. The molecule has 5 nitrogen and oxygen atoms in total. The molecule has 0 atom stereocenters. The number of likely N-dealkylation sites (N-methyl/N-ethyl adjacent to an activating group) is 1. The van der Waals surface area contributed by atoms with E-state index in [1.165, 1.54) is 18.4 Å². The van der Waals surface area contributed by atoms with Gasteiger partial charge in [0.15, 0.2) is 17.3 Å². The maximum absolute atomic E-state index is 12.9. The highest BCUT2D eigenvalue weighted by atomic mass is 35.5. The van der Waals surface area contributed by atoms with Gasteiger partial charge in [-0.15, -0.1) is 11.3 Å². The first-order valence-electron chi connectivity index (χ1n) is 9.10. The van der Waals surface area contributed by atoms with Crippen LogP contribution in [0.5, 0.6) is 11.5 Å². The van der Waals surface area contributed by atoms with Crippen LogP contribution in [0.25, 0.3) is 10.6 Å². The van der Waals surface area contributed by atoms with Crippen molar-refractivity contribution in [1.82, 2.24) is 9.88 Å². The molecule has 7 heteroatoms. The summed E-state index contributed by atoms with van der Waals surface area (Å²) in [5.41, 5.74) is 3.65. The summed E-state index contributed by atoms with van der Waals surface area (Å²) in [6.45, 7) is 4.64. The fourth-order valence-corrected chi connectivity index (χ4v) is 4.47. The zero-order chi connectivity index (χ0) is 21.1. The maximum Gasteiger partial charge on any atom is 0.188 e. The van der Waals surface area contributed by atoms with Gasteiger partial charge in [0.05, 0.1) is 24.2 Å². The van der Waals surface area contributed by atoms with Crippen molar-refractivity contribution in [3.63, 3.8) is 0 Å². The van der Waals surface area contributed by atoms with Crippen molar-refractivity contribution in [1.29, 1.82) is 0 Å². The predicted molar refractivity (Wildman–Crippen MR) is 117 cm³/mol. The topological polar surface area (TPSA) is 62.7 Å². The summed E-state index contributed by atoms with van der Waals surface area (Å²) in [6, 6.07) is 10.9. The first kappa shape index (κ1) is 21.3. The summed E-state index contributed by atoms with van der Waals surface area (Å²) in [5, 5.41) is 11.4. The Morgan fingerprint density at radius 2 is 2.00 bits per heavy atom. The number of rotatable bonds is 7. The molecule has 3 rings (SSSR count). The van der Waals surface area contributed by atoms with Gasteiger partial charge in [-0.05, 0) is 56.3 Å². The Bertz CT molecular complexity index is 1050. The molecule has 0 unspecified atom stereocenters. The second kappa shape index (κ2) is 8.95. The summed E-state index contributed by atoms with van der Waals surface area (Å²) in [5.74, 6) is 0.543. The average molecular weight is 431 g/mol. The van der Waals surface area contributed by atoms with E-state index in [0.29, 0.717) is 22.2 Å². The van der Waals surface area contributed by atoms with Crippen molar-refractivity contribution in [2.24, 2.45) is 0 Å². The van der Waals surface area contributed by atoms with Crippen molar-refractivity contribution in [3.05, 3.63) is 63.1 Å². The number of carbonyl (C=O) groups excluding carboxylic acids is 1. The number of phenols is 1. The second-order valence-corrected chi connectivity index (χ2v) is 8.43. The molecule has 0 bridgehead atoms. The fourth-order valence-electron chi connectivity index (χ4n) is 3.16. The lowest BCUT2D eigenvalue weighted by molar-refractivity contribution is 0.0946. The highest BCUT2D eigenvalue weighted by Crippen LogP contribution is 2.32. The molecular formula is C22H23ClN2O3S. The molecule has 0 fully saturated rings. The first-order valence-corrected chi connectivity index (χ1v) is 10.3. The zero-order valence-corrected chi connectivity index (χ0v) is 18.4. The van der Waals surface area contributed by atoms with Crippen molar-refractivity contribution in [2.45, 2.75) is 20.4 Å². The van der Waals surface area contributed by atoms with E-state index >= 15 is 0 Å². The monoisotopic (exact) mass is 430 g/mol. The van der Waals surface area contributed by atoms with Crippen LogP contribution in [0.15, 0.2) is 36.4 Å². The Balaban J connectivity index is 1.72. The summed E-state index contributed by atoms with van der Waals surface area (Å²) >= 11 is 7.45. The van der Waals surface area contributed by atoms with Gasteiger partial charge in [-0.3, -0.25) is 9.69 Å². The number of aromatic hydroxyl groups is 1. The van der Waals surface area contributed by atoms with Crippen LogP contribution in [-0.4, -0.2) is 41.5 Å². The van der Waals surface area contributed by atoms with Crippen LogP contribution in [0.3, 0.4) is 0 Å². The number of aryl methyl sites for hydroxylation is 2. The van der Waals surface area contributed by atoms with Gasteiger partial charge < -0.3 is 9.84 Å². The maximum atomic E-state index is 12.9. The molecule has 3 aromatic rings. The number of methoxy groups -OCH3 is 1. The van der Waals surface area contributed by atoms with E-state index in [0.717, 1.165) is 27.4 Å². The minimum Gasteiger partial charge on any atom is -0.504 e. The van der Waals surface area contributed by atoms with Gasteiger partial charge in [-0.2, -0.15) is 0 Å². The molecule has 0 saturated carbocycles. The average Bonchev–Trinajstić information content (AvgIpc) is 3.03. The van der Waals surface area contributed by atoms with Crippen LogP contribution < -0.4 is 4.74 Å². The molecule has 152 valence electrons. The Morgan fingerprint density at radius 1 is 1.24 bits per heavy atom. The van der Waals surface area contributed by atoms with Crippen LogP contribution in [0, 0.1) is 13.8 Å². The number of nitrogens with zero attached hydrogens (tertiary/aromatic N) is 2. The summed E-state index contributed by atoms with van der Waals surface area (Å²) in [6.07, 6.45) is 0. The van der Waals surface area contributed by atoms with E-state index in [-0.39, 0.29) is 18.1 Å². The quantitative estimate of drug-likeness (QED) is 0.528. The van der Waals surface area contributed by atoms with Crippen LogP contribution in [-0.2, 0) is 6.54 Å². The van der Waals surface area contributed by atoms with E-state index in [4.69, 9.17) is 16.3 Å². The van der Waals surface area contributed by atoms with Gasteiger partial charge in [0, 0.05) is 17.1 Å². The lowest BCUT2D eigenvalue weighted by Crippen LogP contribution is -2.25. The number of benzene rings is 2.